The lowest BCUT2D eigenvalue weighted by Crippen LogP contribution is -2.14. The quantitative estimate of drug-likeness (QED) is 0.527. The molecule has 0 radical (unpaired) electrons. The maximum absolute atomic E-state index is 5.82. The van der Waals surface area contributed by atoms with Gasteiger partial charge in [-0.3, -0.25) is 0 Å². The molecule has 0 saturated heterocycles. The fourth-order valence-corrected chi connectivity index (χ4v) is 2.13. The Kier molecular flexibility index (Phi) is 0.968. The lowest BCUT2D eigenvalue weighted by Gasteiger charge is -2.17. The molecule has 0 unspecified atom stereocenters. The minimum atomic E-state index is -0.138. The Balaban J connectivity index is 2.31. The van der Waals surface area contributed by atoms with E-state index in [1.54, 1.807) is 0 Å². The highest BCUT2D eigenvalue weighted by molar-refractivity contribution is 5.46. The van der Waals surface area contributed by atoms with Crippen LogP contribution in [0.5, 0.6) is 0 Å². The van der Waals surface area contributed by atoms with Gasteiger partial charge in [0.05, 0.1) is 0 Å². The fourth-order valence-electron chi connectivity index (χ4n) is 2.13. The van der Waals surface area contributed by atoms with Gasteiger partial charge >= 0.3 is 0 Å². The van der Waals surface area contributed by atoms with Crippen LogP contribution in [0.25, 0.3) is 0 Å². The van der Waals surface area contributed by atoms with Crippen LogP contribution in [0.2, 0.25) is 0 Å². The first kappa shape index (κ1) is 6.44. The molecular weight excluding hydrogens is 148 g/mol. The van der Waals surface area contributed by atoms with Gasteiger partial charge in [0.2, 0.25) is 0 Å². The zero-order chi connectivity index (χ0) is 8.18. The summed E-state index contributed by atoms with van der Waals surface area (Å²) in [5.41, 5.74) is 2.53. The number of ether oxygens (including phenoxy) is 1. The van der Waals surface area contributed by atoms with Gasteiger partial charge in [-0.15, -0.1) is 0 Å². The SMILES string of the molecule is C[C@@]12C=C[C@@H](O1)c1ccccc12. The molecule has 2 aliphatic heterocycles. The van der Waals surface area contributed by atoms with E-state index in [1.807, 2.05) is 0 Å². The molecule has 2 atom stereocenters. The van der Waals surface area contributed by atoms with Gasteiger partial charge in [-0.2, -0.15) is 0 Å². The molecule has 0 N–H and O–H groups in total. The number of benzene rings is 1. The molecule has 1 aromatic rings. The highest BCUT2D eigenvalue weighted by Gasteiger charge is 2.42. The zero-order valence-corrected chi connectivity index (χ0v) is 6.95. The largest absolute Gasteiger partial charge is 0.354 e. The highest BCUT2D eigenvalue weighted by atomic mass is 16.5. The predicted molar refractivity (Wildman–Crippen MR) is 46.8 cm³/mol. The Bertz CT molecular complexity index is 367. The molecule has 0 spiro atoms. The van der Waals surface area contributed by atoms with Crippen LogP contribution >= 0.6 is 0 Å². The molecule has 0 fully saturated rings. The summed E-state index contributed by atoms with van der Waals surface area (Å²) in [4.78, 5) is 0. The molecule has 0 saturated carbocycles. The monoisotopic (exact) mass is 158 g/mol. The molecule has 60 valence electrons. The van der Waals surface area contributed by atoms with E-state index < -0.39 is 0 Å². The molecule has 2 bridgehead atoms. The van der Waals surface area contributed by atoms with Crippen molar-refractivity contribution >= 4 is 0 Å². The molecular formula is C11H10O. The summed E-state index contributed by atoms with van der Waals surface area (Å²) in [7, 11) is 0. The minimum absolute atomic E-state index is 0.138. The van der Waals surface area contributed by atoms with E-state index >= 15 is 0 Å². The summed E-state index contributed by atoms with van der Waals surface area (Å²) >= 11 is 0. The van der Waals surface area contributed by atoms with Crippen LogP contribution < -0.4 is 0 Å². The lowest BCUT2D eigenvalue weighted by atomic mass is 9.89. The predicted octanol–water partition coefficient (Wildman–Crippen LogP) is 2.54. The Morgan fingerprint density at radius 3 is 3.00 bits per heavy atom. The second-order valence-corrected chi connectivity index (χ2v) is 3.59. The summed E-state index contributed by atoms with van der Waals surface area (Å²) in [6, 6.07) is 8.44. The molecule has 0 aliphatic carbocycles. The van der Waals surface area contributed by atoms with Crippen LogP contribution in [-0.2, 0) is 10.3 Å². The third-order valence-electron chi connectivity index (χ3n) is 2.76. The van der Waals surface area contributed by atoms with Crippen molar-refractivity contribution in [2.75, 3.05) is 0 Å². The van der Waals surface area contributed by atoms with E-state index in [-0.39, 0.29) is 11.7 Å². The average molecular weight is 158 g/mol. The van der Waals surface area contributed by atoms with E-state index in [1.165, 1.54) is 11.1 Å². The number of hydrogen-bond donors (Lipinski definition) is 0. The van der Waals surface area contributed by atoms with Crippen molar-refractivity contribution in [2.24, 2.45) is 0 Å². The van der Waals surface area contributed by atoms with E-state index in [0.29, 0.717) is 0 Å². The molecule has 1 nitrogen and oxygen atoms in total. The number of hydrogen-bond acceptors (Lipinski definition) is 1. The van der Waals surface area contributed by atoms with Crippen molar-refractivity contribution in [3.05, 3.63) is 47.5 Å². The molecule has 2 aliphatic rings. The Morgan fingerprint density at radius 2 is 2.17 bits per heavy atom. The topological polar surface area (TPSA) is 9.23 Å². The number of fused-ring (bicyclic) bond motifs is 5. The van der Waals surface area contributed by atoms with Gasteiger partial charge in [-0.25, -0.2) is 0 Å². The first-order chi connectivity index (χ1) is 5.80. The fraction of sp³-hybridized carbons (Fsp3) is 0.273. The number of rotatable bonds is 0. The van der Waals surface area contributed by atoms with Crippen molar-refractivity contribution in [3.63, 3.8) is 0 Å². The smallest absolute Gasteiger partial charge is 0.110 e. The summed E-state index contributed by atoms with van der Waals surface area (Å²) < 4.78 is 5.82. The Labute approximate surface area is 71.7 Å². The van der Waals surface area contributed by atoms with Gasteiger partial charge in [-0.1, -0.05) is 30.3 Å². The molecule has 0 amide bonds. The van der Waals surface area contributed by atoms with E-state index in [2.05, 4.69) is 43.3 Å². The van der Waals surface area contributed by atoms with E-state index in [4.69, 9.17) is 4.74 Å². The maximum atomic E-state index is 5.82. The van der Waals surface area contributed by atoms with Gasteiger partial charge in [0.25, 0.3) is 0 Å². The van der Waals surface area contributed by atoms with Crippen molar-refractivity contribution in [1.82, 2.24) is 0 Å². The van der Waals surface area contributed by atoms with Crippen LogP contribution in [0.1, 0.15) is 24.2 Å². The van der Waals surface area contributed by atoms with Crippen LogP contribution in [0.4, 0.5) is 0 Å². The van der Waals surface area contributed by atoms with Crippen LogP contribution in [0.3, 0.4) is 0 Å². The van der Waals surface area contributed by atoms with E-state index in [0.717, 1.165) is 0 Å². The molecule has 3 rings (SSSR count). The molecule has 1 heteroatoms. The molecule has 12 heavy (non-hydrogen) atoms. The van der Waals surface area contributed by atoms with Crippen LogP contribution in [-0.4, -0.2) is 0 Å². The van der Waals surface area contributed by atoms with Crippen LogP contribution in [0, 0.1) is 0 Å². The second-order valence-electron chi connectivity index (χ2n) is 3.59. The summed E-state index contributed by atoms with van der Waals surface area (Å²) in [6.45, 7) is 2.12. The average Bonchev–Trinajstić information content (AvgIpc) is 2.60. The second kappa shape index (κ2) is 1.80. The van der Waals surface area contributed by atoms with Crippen molar-refractivity contribution < 1.29 is 4.74 Å². The first-order valence-corrected chi connectivity index (χ1v) is 4.26. The van der Waals surface area contributed by atoms with E-state index in [9.17, 15) is 0 Å². The first-order valence-electron chi connectivity index (χ1n) is 4.26. The van der Waals surface area contributed by atoms with Gasteiger partial charge in [0.1, 0.15) is 11.7 Å². The highest BCUT2D eigenvalue weighted by Crippen LogP contribution is 2.49. The molecule has 0 aromatic heterocycles. The minimum Gasteiger partial charge on any atom is -0.354 e. The van der Waals surface area contributed by atoms with Crippen molar-refractivity contribution in [2.45, 2.75) is 18.6 Å². The molecule has 2 heterocycles. The van der Waals surface area contributed by atoms with Crippen molar-refractivity contribution in [1.29, 1.82) is 0 Å². The summed E-state index contributed by atoms with van der Waals surface area (Å²) in [5, 5.41) is 0. The summed E-state index contributed by atoms with van der Waals surface area (Å²) in [6.07, 6.45) is 4.51. The zero-order valence-electron chi connectivity index (χ0n) is 6.95. The van der Waals surface area contributed by atoms with Gasteiger partial charge in [-0.05, 0) is 24.1 Å². The van der Waals surface area contributed by atoms with Gasteiger partial charge in [0.15, 0.2) is 0 Å². The van der Waals surface area contributed by atoms with Gasteiger partial charge < -0.3 is 4.74 Å². The third kappa shape index (κ3) is 0.585. The van der Waals surface area contributed by atoms with Gasteiger partial charge in [0, 0.05) is 0 Å². The normalized spacial score (nSPS) is 35.6. The maximum Gasteiger partial charge on any atom is 0.110 e. The van der Waals surface area contributed by atoms with Crippen molar-refractivity contribution in [3.8, 4) is 0 Å². The van der Waals surface area contributed by atoms with Crippen LogP contribution in [0.15, 0.2) is 36.4 Å². The molecule has 1 aromatic carbocycles. The summed E-state index contributed by atoms with van der Waals surface area (Å²) in [5.74, 6) is 0. The Morgan fingerprint density at radius 1 is 1.33 bits per heavy atom. The third-order valence-corrected chi connectivity index (χ3v) is 2.76. The Hall–Kier alpha value is -1.08. The standard InChI is InChI=1S/C11H10O/c1-11-7-6-10(12-11)8-4-2-3-5-9(8)11/h2-7,10H,1H3/t10-,11+/m1/s1. The lowest BCUT2D eigenvalue weighted by molar-refractivity contribution is 0.0113.